The molecule has 0 spiro atoms. The molecule has 1 aromatic heterocycles. The zero-order valence-electron chi connectivity index (χ0n) is 25.2. The Bertz CT molecular complexity index is 1190. The van der Waals surface area contributed by atoms with Gasteiger partial charge in [-0.3, -0.25) is 4.79 Å². The zero-order chi connectivity index (χ0) is 29.2. The number of benzene rings is 1. The van der Waals surface area contributed by atoms with Crippen LogP contribution in [0.1, 0.15) is 88.9 Å². The largest absolute Gasteiger partial charge is 0.494 e. The number of likely N-dealkylation sites (tertiary alicyclic amines) is 1. The number of aromatic amines is 1. The topological polar surface area (TPSA) is 115 Å². The fraction of sp³-hybridized carbons (Fsp3) is 0.690. The Kier molecular flexibility index (Phi) is 9.16. The van der Waals surface area contributed by atoms with Crippen molar-refractivity contribution in [2.45, 2.75) is 103 Å². The Hall–Kier alpha value is -2.63. The van der Waals surface area contributed by atoms with Crippen LogP contribution in [0.3, 0.4) is 0 Å². The van der Waals surface area contributed by atoms with Crippen LogP contribution in [-0.4, -0.2) is 77.6 Å². The fourth-order valence-electron chi connectivity index (χ4n) is 5.73. The summed E-state index contributed by atoms with van der Waals surface area (Å²) in [7, 11) is 0.847. The monoisotopic (exact) mass is 560 g/mol. The number of rotatable bonds is 5. The van der Waals surface area contributed by atoms with E-state index in [1.165, 1.54) is 7.11 Å². The first-order valence-electron chi connectivity index (χ1n) is 14.6. The third-order valence-electron chi connectivity index (χ3n) is 8.75. The molecule has 10 nitrogen and oxygen atoms in total. The summed E-state index contributed by atoms with van der Waals surface area (Å²) in [6, 6.07) is 5.09. The van der Waals surface area contributed by atoms with E-state index in [-0.39, 0.29) is 26.8 Å². The number of aromatic nitrogens is 2. The van der Waals surface area contributed by atoms with Crippen LogP contribution in [0.25, 0.3) is 11.0 Å². The lowest BCUT2D eigenvalue weighted by atomic mass is 9.79. The van der Waals surface area contributed by atoms with Gasteiger partial charge in [0.15, 0.2) is 0 Å². The number of nitrogens with zero attached hydrogens (tertiary/aromatic N) is 2. The molecule has 4 heterocycles. The van der Waals surface area contributed by atoms with Crippen LogP contribution in [0.2, 0.25) is 0 Å². The van der Waals surface area contributed by atoms with Gasteiger partial charge in [0.1, 0.15) is 11.9 Å². The average molecular weight is 561 g/mol. The molecule has 0 aliphatic carbocycles. The van der Waals surface area contributed by atoms with E-state index in [0.717, 1.165) is 35.2 Å². The molecular formula is C29H49BN4O6. The van der Waals surface area contributed by atoms with Gasteiger partial charge in [-0.15, -0.1) is 0 Å². The SMILES string of the molecule is CC.COC(=O)N[C@H](C(=O)N1[C@@H](C)CC[C@H]1c1nc2ccc(B3OC(C)(C)C(C)(C)O3)cc2[nH]1)C1CCOCC1.[HH].[HH]. The van der Waals surface area contributed by atoms with Gasteiger partial charge in [-0.2, -0.15) is 0 Å². The number of carbonyl (C=O) groups excluding carboxylic acids is 2. The number of ether oxygens (including phenoxy) is 2. The van der Waals surface area contributed by atoms with Crippen molar-refractivity contribution < 1.29 is 31.2 Å². The zero-order valence-corrected chi connectivity index (χ0v) is 25.2. The molecule has 5 rings (SSSR count). The summed E-state index contributed by atoms with van der Waals surface area (Å²) in [5, 5.41) is 2.82. The van der Waals surface area contributed by atoms with Crippen molar-refractivity contribution in [1.82, 2.24) is 20.2 Å². The van der Waals surface area contributed by atoms with E-state index < -0.39 is 30.5 Å². The Morgan fingerprint density at radius 1 is 1.12 bits per heavy atom. The van der Waals surface area contributed by atoms with Crippen LogP contribution in [-0.2, 0) is 23.6 Å². The minimum absolute atomic E-state index is 0. The lowest BCUT2D eigenvalue weighted by Crippen LogP contribution is -2.54. The Morgan fingerprint density at radius 2 is 1.77 bits per heavy atom. The molecule has 1 aromatic carbocycles. The van der Waals surface area contributed by atoms with Gasteiger partial charge in [0, 0.05) is 22.1 Å². The van der Waals surface area contributed by atoms with E-state index in [0.29, 0.717) is 26.1 Å². The summed E-state index contributed by atoms with van der Waals surface area (Å²) in [6.07, 6.45) is 2.46. The molecule has 3 atom stereocenters. The Labute approximate surface area is 241 Å². The standard InChI is InChI=1S/C27H39BN4O6.C2H6.2H2/c1-16-7-10-21(32(16)24(33)22(31-25(34)35-6)17-11-13-36-14-12-17)23-29-19-9-8-18(15-20(19)30-23)28-37-26(2,3)27(4,5)38-28;1-2;;/h8-9,15-17,21-22H,7,10-14H2,1-6H3,(H,29,30)(H,31,34);1-2H3;2*1H/t16-,21-,22-;;;/m0.../s1. The smallest absolute Gasteiger partial charge is 0.453 e. The lowest BCUT2D eigenvalue weighted by Gasteiger charge is -2.36. The average Bonchev–Trinajstić information content (AvgIpc) is 3.60. The highest BCUT2D eigenvalue weighted by Crippen LogP contribution is 2.38. The molecular weight excluding hydrogens is 511 g/mol. The highest BCUT2D eigenvalue weighted by Gasteiger charge is 2.52. The van der Waals surface area contributed by atoms with E-state index in [4.69, 9.17) is 23.8 Å². The number of H-pyrrole nitrogens is 1. The second-order valence-electron chi connectivity index (χ2n) is 11.7. The number of amides is 2. The molecule has 0 radical (unpaired) electrons. The summed E-state index contributed by atoms with van der Waals surface area (Å²) in [5.41, 5.74) is 1.76. The quantitative estimate of drug-likeness (QED) is 0.515. The summed E-state index contributed by atoms with van der Waals surface area (Å²) >= 11 is 0. The van der Waals surface area contributed by atoms with Crippen molar-refractivity contribution in [3.05, 3.63) is 24.0 Å². The number of fused-ring (bicyclic) bond motifs is 1. The van der Waals surface area contributed by atoms with Gasteiger partial charge in [-0.25, -0.2) is 9.78 Å². The number of methoxy groups -OCH3 is 1. The molecule has 3 fully saturated rings. The third kappa shape index (κ3) is 5.87. The Balaban J connectivity index is 0.00000151. The molecule has 3 aliphatic rings. The van der Waals surface area contributed by atoms with Gasteiger partial charge >= 0.3 is 13.2 Å². The number of carbonyl (C=O) groups is 2. The molecule has 2 N–H and O–H groups in total. The van der Waals surface area contributed by atoms with Gasteiger partial charge < -0.3 is 34.0 Å². The molecule has 3 aliphatic heterocycles. The Morgan fingerprint density at radius 3 is 2.40 bits per heavy atom. The number of nitrogens with one attached hydrogen (secondary N) is 2. The molecule has 40 heavy (non-hydrogen) atoms. The molecule has 0 unspecified atom stereocenters. The van der Waals surface area contributed by atoms with E-state index in [9.17, 15) is 9.59 Å². The third-order valence-corrected chi connectivity index (χ3v) is 8.75. The maximum atomic E-state index is 14.0. The molecule has 2 amide bonds. The second kappa shape index (κ2) is 12.1. The number of imidazole rings is 1. The first-order valence-corrected chi connectivity index (χ1v) is 14.6. The molecule has 2 aromatic rings. The minimum Gasteiger partial charge on any atom is -0.453 e. The first kappa shape index (κ1) is 30.3. The predicted octanol–water partition coefficient (Wildman–Crippen LogP) is 4.58. The van der Waals surface area contributed by atoms with E-state index in [1.807, 2.05) is 64.6 Å². The van der Waals surface area contributed by atoms with Crippen molar-refractivity contribution in [2.24, 2.45) is 5.92 Å². The van der Waals surface area contributed by atoms with Crippen molar-refractivity contribution in [3.8, 4) is 0 Å². The number of hydrogen-bond acceptors (Lipinski definition) is 7. The van der Waals surface area contributed by atoms with Crippen LogP contribution in [0.5, 0.6) is 0 Å². The lowest BCUT2D eigenvalue weighted by molar-refractivity contribution is -0.138. The maximum absolute atomic E-state index is 14.0. The van der Waals surface area contributed by atoms with Gasteiger partial charge in [0.05, 0.1) is 35.4 Å². The van der Waals surface area contributed by atoms with Gasteiger partial charge in [-0.05, 0) is 83.8 Å². The summed E-state index contributed by atoms with van der Waals surface area (Å²) in [5.74, 6) is 0.630. The number of hydrogen-bond donors (Lipinski definition) is 2. The van der Waals surface area contributed by atoms with Crippen molar-refractivity contribution in [3.63, 3.8) is 0 Å². The fourth-order valence-corrected chi connectivity index (χ4v) is 5.73. The van der Waals surface area contributed by atoms with Crippen molar-refractivity contribution >= 4 is 35.6 Å². The van der Waals surface area contributed by atoms with Crippen LogP contribution in [0.15, 0.2) is 18.2 Å². The minimum atomic E-state index is -0.672. The first-order chi connectivity index (χ1) is 19.0. The van der Waals surface area contributed by atoms with Crippen LogP contribution in [0, 0.1) is 5.92 Å². The van der Waals surface area contributed by atoms with Crippen LogP contribution < -0.4 is 10.8 Å². The van der Waals surface area contributed by atoms with E-state index in [2.05, 4.69) is 17.2 Å². The van der Waals surface area contributed by atoms with Crippen LogP contribution in [0.4, 0.5) is 4.79 Å². The van der Waals surface area contributed by atoms with Crippen LogP contribution >= 0.6 is 0 Å². The van der Waals surface area contributed by atoms with Gasteiger partial charge in [0.25, 0.3) is 0 Å². The van der Waals surface area contributed by atoms with Crippen molar-refractivity contribution in [1.29, 1.82) is 0 Å². The predicted molar refractivity (Wildman–Crippen MR) is 159 cm³/mol. The molecule has 0 bridgehead atoms. The summed E-state index contributed by atoms with van der Waals surface area (Å²) in [4.78, 5) is 36.4. The van der Waals surface area contributed by atoms with E-state index in [1.54, 1.807) is 0 Å². The molecule has 11 heteroatoms. The summed E-state index contributed by atoms with van der Waals surface area (Å²) in [6.45, 7) is 15.3. The molecule has 0 saturated carbocycles. The molecule has 3 saturated heterocycles. The maximum Gasteiger partial charge on any atom is 0.494 e. The van der Waals surface area contributed by atoms with E-state index >= 15 is 0 Å². The van der Waals surface area contributed by atoms with Gasteiger partial charge in [-0.1, -0.05) is 19.9 Å². The van der Waals surface area contributed by atoms with Gasteiger partial charge in [0.2, 0.25) is 5.91 Å². The van der Waals surface area contributed by atoms with Crippen molar-refractivity contribution in [2.75, 3.05) is 20.3 Å². The second-order valence-corrected chi connectivity index (χ2v) is 11.7. The highest BCUT2D eigenvalue weighted by atomic mass is 16.7. The summed E-state index contributed by atoms with van der Waals surface area (Å²) < 4.78 is 22.8. The molecule has 224 valence electrons. The normalized spacial score (nSPS) is 24.9. The highest BCUT2D eigenvalue weighted by molar-refractivity contribution is 6.62. The number of alkyl carbamates (subject to hydrolysis) is 1.